The summed E-state index contributed by atoms with van der Waals surface area (Å²) in [5.41, 5.74) is 0.651. The summed E-state index contributed by atoms with van der Waals surface area (Å²) in [4.78, 5) is 0. The van der Waals surface area contributed by atoms with Crippen LogP contribution in [0.1, 0.15) is 44.4 Å². The fourth-order valence-electron chi connectivity index (χ4n) is 5.73. The fraction of sp³-hybridized carbons (Fsp3) is 0.579. The van der Waals surface area contributed by atoms with Gasteiger partial charge >= 0.3 is 6.61 Å². The summed E-state index contributed by atoms with van der Waals surface area (Å²) in [7, 11) is 0. The highest BCUT2D eigenvalue weighted by Crippen LogP contribution is 2.60. The predicted molar refractivity (Wildman–Crippen MR) is 86.2 cm³/mol. The minimum atomic E-state index is -2.85. The summed E-state index contributed by atoms with van der Waals surface area (Å²) in [5, 5.41) is 8.57. The minimum absolute atomic E-state index is 0.0388. The molecular weight excluding hydrogens is 326 g/mol. The first-order valence-electron chi connectivity index (χ1n) is 8.99. The number of benzene rings is 1. The van der Waals surface area contributed by atoms with E-state index >= 15 is 0 Å². The lowest BCUT2D eigenvalue weighted by molar-refractivity contribution is -0.0498. The number of aromatic nitrogens is 2. The third-order valence-electron chi connectivity index (χ3n) is 6.22. The molecule has 132 valence electrons. The van der Waals surface area contributed by atoms with Gasteiger partial charge in [0.25, 0.3) is 0 Å². The van der Waals surface area contributed by atoms with E-state index in [0.717, 1.165) is 42.9 Å². The van der Waals surface area contributed by atoms with E-state index in [4.69, 9.17) is 4.42 Å². The molecule has 0 atom stereocenters. The molecule has 0 aliphatic heterocycles. The van der Waals surface area contributed by atoms with Crippen LogP contribution in [0.5, 0.6) is 5.75 Å². The molecule has 4 nitrogen and oxygen atoms in total. The first-order chi connectivity index (χ1) is 12.1. The van der Waals surface area contributed by atoms with Crippen LogP contribution < -0.4 is 4.74 Å². The summed E-state index contributed by atoms with van der Waals surface area (Å²) < 4.78 is 35.3. The van der Waals surface area contributed by atoms with Crippen molar-refractivity contribution in [2.75, 3.05) is 0 Å². The van der Waals surface area contributed by atoms with Crippen LogP contribution in [0.3, 0.4) is 0 Å². The van der Waals surface area contributed by atoms with Gasteiger partial charge in [0.05, 0.1) is 0 Å². The molecule has 4 bridgehead atoms. The molecule has 0 amide bonds. The molecule has 0 unspecified atom stereocenters. The van der Waals surface area contributed by atoms with E-state index in [1.807, 2.05) is 0 Å². The van der Waals surface area contributed by atoms with Gasteiger partial charge in [0.2, 0.25) is 11.8 Å². The average molecular weight is 346 g/mol. The zero-order valence-electron chi connectivity index (χ0n) is 13.8. The maximum atomic E-state index is 12.4. The number of ether oxygens (including phenoxy) is 1. The Morgan fingerprint density at radius 3 is 2.36 bits per heavy atom. The number of hydrogen-bond donors (Lipinski definition) is 0. The Kier molecular flexibility index (Phi) is 3.37. The molecule has 4 saturated carbocycles. The Balaban J connectivity index is 1.44. The summed E-state index contributed by atoms with van der Waals surface area (Å²) in [5.74, 6) is 3.60. The van der Waals surface area contributed by atoms with Crippen molar-refractivity contribution in [3.05, 3.63) is 30.2 Å². The van der Waals surface area contributed by atoms with Gasteiger partial charge in [0.1, 0.15) is 5.75 Å². The van der Waals surface area contributed by atoms with Gasteiger partial charge in [-0.2, -0.15) is 8.78 Å². The molecule has 4 aliphatic carbocycles. The minimum Gasteiger partial charge on any atom is -0.435 e. The molecule has 1 heterocycles. The average Bonchev–Trinajstić information content (AvgIpc) is 3.04. The lowest BCUT2D eigenvalue weighted by Gasteiger charge is -2.55. The second-order valence-electron chi connectivity index (χ2n) is 8.02. The second kappa shape index (κ2) is 5.51. The summed E-state index contributed by atoms with van der Waals surface area (Å²) >= 11 is 0. The Morgan fingerprint density at radius 1 is 1.04 bits per heavy atom. The van der Waals surface area contributed by atoms with Crippen molar-refractivity contribution in [2.24, 2.45) is 17.8 Å². The van der Waals surface area contributed by atoms with Crippen LogP contribution in [-0.2, 0) is 5.41 Å². The summed E-state index contributed by atoms with van der Waals surface area (Å²) in [6.45, 7) is -2.85. The van der Waals surface area contributed by atoms with Crippen molar-refractivity contribution in [1.29, 1.82) is 0 Å². The molecule has 0 spiro atoms. The Hall–Kier alpha value is -1.98. The fourth-order valence-corrected chi connectivity index (χ4v) is 5.73. The summed E-state index contributed by atoms with van der Waals surface area (Å²) in [6.07, 6.45) is 7.51. The molecule has 0 radical (unpaired) electrons. The van der Waals surface area contributed by atoms with E-state index in [2.05, 4.69) is 14.9 Å². The Morgan fingerprint density at radius 2 is 1.72 bits per heavy atom. The van der Waals surface area contributed by atoms with Crippen molar-refractivity contribution < 1.29 is 17.9 Å². The van der Waals surface area contributed by atoms with Gasteiger partial charge in [0, 0.05) is 11.0 Å². The van der Waals surface area contributed by atoms with Gasteiger partial charge in [-0.1, -0.05) is 6.07 Å². The van der Waals surface area contributed by atoms with Gasteiger partial charge in [-0.05, 0) is 74.5 Å². The third-order valence-corrected chi connectivity index (χ3v) is 6.22. The second-order valence-corrected chi connectivity index (χ2v) is 8.02. The number of hydrogen-bond acceptors (Lipinski definition) is 4. The van der Waals surface area contributed by atoms with Crippen LogP contribution in [0.15, 0.2) is 28.7 Å². The highest BCUT2D eigenvalue weighted by atomic mass is 19.3. The normalized spacial score (nSPS) is 33.2. The van der Waals surface area contributed by atoms with E-state index in [1.165, 1.54) is 31.4 Å². The van der Waals surface area contributed by atoms with Gasteiger partial charge < -0.3 is 9.15 Å². The van der Waals surface area contributed by atoms with Crippen LogP contribution in [0.4, 0.5) is 8.78 Å². The van der Waals surface area contributed by atoms with Crippen LogP contribution >= 0.6 is 0 Å². The highest BCUT2D eigenvalue weighted by molar-refractivity contribution is 5.55. The largest absolute Gasteiger partial charge is 0.435 e. The van der Waals surface area contributed by atoms with E-state index in [0.29, 0.717) is 11.5 Å². The number of nitrogens with zero attached hydrogens (tertiary/aromatic N) is 2. The van der Waals surface area contributed by atoms with Gasteiger partial charge in [0.15, 0.2) is 0 Å². The molecule has 0 N–H and O–H groups in total. The van der Waals surface area contributed by atoms with Crippen molar-refractivity contribution in [1.82, 2.24) is 10.2 Å². The Bertz CT molecular complexity index is 754. The first kappa shape index (κ1) is 15.3. The van der Waals surface area contributed by atoms with Crippen molar-refractivity contribution >= 4 is 0 Å². The lowest BCUT2D eigenvalue weighted by atomic mass is 9.49. The molecule has 4 aliphatic rings. The van der Waals surface area contributed by atoms with E-state index in [-0.39, 0.29) is 11.2 Å². The zero-order valence-corrected chi connectivity index (χ0v) is 13.8. The number of halogens is 2. The number of alkyl halides is 2. The van der Waals surface area contributed by atoms with Crippen LogP contribution in [0.25, 0.3) is 11.5 Å². The molecular formula is C19H20F2N2O2. The molecule has 1 aromatic heterocycles. The smallest absolute Gasteiger partial charge is 0.387 e. The highest BCUT2D eigenvalue weighted by Gasteiger charge is 2.54. The number of rotatable bonds is 4. The van der Waals surface area contributed by atoms with Crippen LogP contribution in [-0.4, -0.2) is 16.8 Å². The van der Waals surface area contributed by atoms with E-state index in [9.17, 15) is 8.78 Å². The SMILES string of the molecule is FC(F)Oc1cccc(-c2nnc(C34CC5CC(CC(C5)C3)C4)o2)c1. The molecule has 6 rings (SSSR count). The maximum Gasteiger partial charge on any atom is 0.387 e. The van der Waals surface area contributed by atoms with E-state index in [1.54, 1.807) is 12.1 Å². The first-order valence-corrected chi connectivity index (χ1v) is 8.99. The molecule has 0 saturated heterocycles. The van der Waals surface area contributed by atoms with Crippen molar-refractivity contribution in [3.8, 4) is 17.2 Å². The molecule has 6 heteroatoms. The van der Waals surface area contributed by atoms with Gasteiger partial charge in [-0.25, -0.2) is 0 Å². The third kappa shape index (κ3) is 2.62. The monoisotopic (exact) mass is 346 g/mol. The van der Waals surface area contributed by atoms with Crippen LogP contribution in [0, 0.1) is 17.8 Å². The van der Waals surface area contributed by atoms with Gasteiger partial charge in [-0.15, -0.1) is 10.2 Å². The zero-order chi connectivity index (χ0) is 17.0. The molecule has 25 heavy (non-hydrogen) atoms. The van der Waals surface area contributed by atoms with Crippen molar-refractivity contribution in [3.63, 3.8) is 0 Å². The lowest BCUT2D eigenvalue weighted by Crippen LogP contribution is -2.48. The van der Waals surface area contributed by atoms with Gasteiger partial charge in [-0.3, -0.25) is 0 Å². The standard InChI is InChI=1S/C19H20F2N2O2/c20-18(21)24-15-3-1-2-14(7-15)16-22-23-17(25-16)19-8-11-4-12(9-19)6-13(5-11)10-19/h1-3,7,11-13,18H,4-6,8-10H2. The molecule has 2 aromatic rings. The summed E-state index contributed by atoms with van der Waals surface area (Å²) in [6, 6.07) is 6.44. The molecule has 4 fully saturated rings. The topological polar surface area (TPSA) is 48.2 Å². The quantitative estimate of drug-likeness (QED) is 0.797. The van der Waals surface area contributed by atoms with Crippen molar-refractivity contribution in [2.45, 2.75) is 50.6 Å². The molecule has 1 aromatic carbocycles. The Labute approximate surface area is 144 Å². The maximum absolute atomic E-state index is 12.4. The predicted octanol–water partition coefficient (Wildman–Crippen LogP) is 4.81. The van der Waals surface area contributed by atoms with E-state index < -0.39 is 6.61 Å². The van der Waals surface area contributed by atoms with Crippen LogP contribution in [0.2, 0.25) is 0 Å².